The van der Waals surface area contributed by atoms with Crippen LogP contribution in [0.2, 0.25) is 0 Å². The Hall–Kier alpha value is -2.33. The zero-order chi connectivity index (χ0) is 18.6. The highest BCUT2D eigenvalue weighted by molar-refractivity contribution is 5.66. The molecule has 0 aliphatic heterocycles. The maximum Gasteiger partial charge on any atom is 0.408 e. The van der Waals surface area contributed by atoms with Crippen LogP contribution in [-0.4, -0.2) is 26.7 Å². The molecule has 25 heavy (non-hydrogen) atoms. The van der Waals surface area contributed by atoms with Gasteiger partial charge in [0.25, 0.3) is 0 Å². The van der Waals surface area contributed by atoms with Crippen LogP contribution in [0.5, 0.6) is 0 Å². The molecular weight excluding hydrogens is 314 g/mol. The fourth-order valence-corrected chi connectivity index (χ4v) is 3.13. The first-order chi connectivity index (χ1) is 11.7. The maximum atomic E-state index is 11.6. The summed E-state index contributed by atoms with van der Waals surface area (Å²) in [5.41, 5.74) is 2.33. The highest BCUT2D eigenvalue weighted by Gasteiger charge is 2.31. The van der Waals surface area contributed by atoms with Gasteiger partial charge in [-0.3, -0.25) is 4.90 Å². The highest BCUT2D eigenvalue weighted by Crippen LogP contribution is 2.29. The Morgan fingerprint density at radius 2 is 1.52 bits per heavy atom. The molecule has 0 fully saturated rings. The van der Waals surface area contributed by atoms with E-state index in [-0.39, 0.29) is 6.04 Å². The fraction of sp³-hybridized carbons (Fsp3) is 0.381. The Labute approximate surface area is 149 Å². The van der Waals surface area contributed by atoms with E-state index in [0.717, 1.165) is 16.7 Å². The number of aliphatic hydroxyl groups excluding tert-OH is 1. The summed E-state index contributed by atoms with van der Waals surface area (Å²) in [6.07, 6.45) is -0.961. The van der Waals surface area contributed by atoms with Gasteiger partial charge in [0.05, 0.1) is 12.1 Å². The maximum absolute atomic E-state index is 11.6. The van der Waals surface area contributed by atoms with E-state index in [1.54, 1.807) is 0 Å². The molecule has 4 nitrogen and oxygen atoms in total. The number of nitrogens with zero attached hydrogens (tertiary/aromatic N) is 1. The standard InChI is InChI=1S/C21H27NO3/c1-15(22(20(24)25)21(2,3)4)17-10-12-18(13-11-17)19(23)14-16-8-6-5-7-9-16/h5-13,15,19,23H,14H2,1-4H3,(H,24,25)/t15-,19?/m0/s1. The van der Waals surface area contributed by atoms with Gasteiger partial charge in [0.2, 0.25) is 0 Å². The van der Waals surface area contributed by atoms with Crippen molar-refractivity contribution < 1.29 is 15.0 Å². The zero-order valence-electron chi connectivity index (χ0n) is 15.3. The third-order valence-corrected chi connectivity index (χ3v) is 4.39. The normalized spacial score (nSPS) is 14.0. The quantitative estimate of drug-likeness (QED) is 0.821. The Bertz CT molecular complexity index is 689. The minimum absolute atomic E-state index is 0.266. The monoisotopic (exact) mass is 341 g/mol. The molecule has 0 heterocycles. The average Bonchev–Trinajstić information content (AvgIpc) is 2.54. The second-order valence-corrected chi connectivity index (χ2v) is 7.37. The lowest BCUT2D eigenvalue weighted by Gasteiger charge is -2.38. The molecule has 0 aromatic heterocycles. The minimum Gasteiger partial charge on any atom is -0.465 e. The molecule has 2 aromatic rings. The highest BCUT2D eigenvalue weighted by atomic mass is 16.4. The fourth-order valence-electron chi connectivity index (χ4n) is 3.13. The van der Waals surface area contributed by atoms with Crippen molar-refractivity contribution in [3.63, 3.8) is 0 Å². The van der Waals surface area contributed by atoms with E-state index in [9.17, 15) is 15.0 Å². The van der Waals surface area contributed by atoms with Gasteiger partial charge in [-0.25, -0.2) is 4.79 Å². The van der Waals surface area contributed by atoms with Gasteiger partial charge in [-0.05, 0) is 44.4 Å². The van der Waals surface area contributed by atoms with Gasteiger partial charge in [-0.1, -0.05) is 54.6 Å². The van der Waals surface area contributed by atoms with Crippen LogP contribution < -0.4 is 0 Å². The molecule has 0 spiro atoms. The van der Waals surface area contributed by atoms with E-state index in [2.05, 4.69) is 0 Å². The molecule has 0 bridgehead atoms. The molecular formula is C21H27NO3. The van der Waals surface area contributed by atoms with Crippen molar-refractivity contribution in [3.8, 4) is 0 Å². The van der Waals surface area contributed by atoms with Gasteiger partial charge < -0.3 is 10.2 Å². The van der Waals surface area contributed by atoms with Gasteiger partial charge in [0.1, 0.15) is 0 Å². The van der Waals surface area contributed by atoms with E-state index in [0.29, 0.717) is 6.42 Å². The topological polar surface area (TPSA) is 60.8 Å². The van der Waals surface area contributed by atoms with Crippen molar-refractivity contribution in [1.82, 2.24) is 4.90 Å². The minimum atomic E-state index is -0.937. The first-order valence-electron chi connectivity index (χ1n) is 8.54. The third-order valence-electron chi connectivity index (χ3n) is 4.39. The number of amides is 1. The van der Waals surface area contributed by atoms with Crippen LogP contribution in [0, 0.1) is 0 Å². The van der Waals surface area contributed by atoms with Gasteiger partial charge in [0.15, 0.2) is 0 Å². The van der Waals surface area contributed by atoms with Crippen molar-refractivity contribution in [1.29, 1.82) is 0 Å². The lowest BCUT2D eigenvalue weighted by atomic mass is 9.96. The van der Waals surface area contributed by atoms with E-state index in [1.165, 1.54) is 4.90 Å². The predicted octanol–water partition coefficient (Wildman–Crippen LogP) is 4.80. The zero-order valence-corrected chi connectivity index (χ0v) is 15.3. The molecule has 4 heteroatoms. The van der Waals surface area contributed by atoms with Crippen LogP contribution in [0.25, 0.3) is 0 Å². The molecule has 2 aromatic carbocycles. The van der Waals surface area contributed by atoms with Gasteiger partial charge in [-0.15, -0.1) is 0 Å². The van der Waals surface area contributed by atoms with E-state index >= 15 is 0 Å². The number of hydrogen-bond acceptors (Lipinski definition) is 2. The van der Waals surface area contributed by atoms with E-state index in [4.69, 9.17) is 0 Å². The molecule has 0 aliphatic carbocycles. The first-order valence-corrected chi connectivity index (χ1v) is 8.54. The molecule has 2 rings (SSSR count). The third kappa shape index (κ3) is 4.83. The van der Waals surface area contributed by atoms with Crippen LogP contribution >= 0.6 is 0 Å². The van der Waals surface area contributed by atoms with Gasteiger partial charge in [0, 0.05) is 12.0 Å². The molecule has 0 saturated carbocycles. The lowest BCUT2D eigenvalue weighted by molar-refractivity contribution is 0.0752. The number of aliphatic hydroxyl groups is 1. The summed E-state index contributed by atoms with van der Waals surface area (Å²) in [4.78, 5) is 13.1. The number of benzene rings is 2. The molecule has 1 amide bonds. The Morgan fingerprint density at radius 1 is 1.00 bits per heavy atom. The smallest absolute Gasteiger partial charge is 0.408 e. The summed E-state index contributed by atoms with van der Waals surface area (Å²) >= 11 is 0. The van der Waals surface area contributed by atoms with Crippen molar-refractivity contribution in [2.45, 2.75) is 51.8 Å². The average molecular weight is 341 g/mol. The Morgan fingerprint density at radius 3 is 2.00 bits per heavy atom. The molecule has 2 N–H and O–H groups in total. The van der Waals surface area contributed by atoms with Crippen LogP contribution in [0.3, 0.4) is 0 Å². The van der Waals surface area contributed by atoms with Crippen LogP contribution in [0.1, 0.15) is 56.5 Å². The Balaban J connectivity index is 2.14. The van der Waals surface area contributed by atoms with E-state index in [1.807, 2.05) is 82.3 Å². The Kier molecular flexibility index (Phi) is 5.85. The predicted molar refractivity (Wildman–Crippen MR) is 99.6 cm³/mol. The van der Waals surface area contributed by atoms with Crippen LogP contribution in [0.4, 0.5) is 4.79 Å². The second-order valence-electron chi connectivity index (χ2n) is 7.37. The number of rotatable bonds is 5. The largest absolute Gasteiger partial charge is 0.465 e. The summed E-state index contributed by atoms with van der Waals surface area (Å²) in [7, 11) is 0. The molecule has 0 aliphatic rings. The molecule has 1 unspecified atom stereocenters. The van der Waals surface area contributed by atoms with Gasteiger partial charge >= 0.3 is 6.09 Å². The van der Waals surface area contributed by atoms with Gasteiger partial charge in [-0.2, -0.15) is 0 Å². The molecule has 0 radical (unpaired) electrons. The first kappa shape index (κ1) is 19.0. The number of hydrogen-bond donors (Lipinski definition) is 2. The summed E-state index contributed by atoms with van der Waals surface area (Å²) in [6.45, 7) is 7.54. The lowest BCUT2D eigenvalue weighted by Crippen LogP contribution is -2.46. The number of carbonyl (C=O) groups is 1. The van der Waals surface area contributed by atoms with Crippen LogP contribution in [-0.2, 0) is 6.42 Å². The summed E-state index contributed by atoms with van der Waals surface area (Å²) < 4.78 is 0. The summed E-state index contributed by atoms with van der Waals surface area (Å²) in [5, 5.41) is 20.0. The molecule has 2 atom stereocenters. The van der Waals surface area contributed by atoms with Crippen molar-refractivity contribution in [2.24, 2.45) is 0 Å². The van der Waals surface area contributed by atoms with Crippen molar-refractivity contribution in [3.05, 3.63) is 71.3 Å². The molecule has 0 saturated heterocycles. The van der Waals surface area contributed by atoms with E-state index < -0.39 is 17.7 Å². The summed E-state index contributed by atoms with van der Waals surface area (Å²) in [6, 6.07) is 17.1. The molecule has 134 valence electrons. The van der Waals surface area contributed by atoms with Crippen molar-refractivity contribution in [2.75, 3.05) is 0 Å². The SMILES string of the molecule is C[C@@H](c1ccc(C(O)Cc2ccccc2)cc1)N(C(=O)O)C(C)(C)C. The summed E-state index contributed by atoms with van der Waals surface area (Å²) in [5.74, 6) is 0. The van der Waals surface area contributed by atoms with Crippen LogP contribution in [0.15, 0.2) is 54.6 Å². The van der Waals surface area contributed by atoms with Crippen molar-refractivity contribution >= 4 is 6.09 Å². The number of carboxylic acid groups (broad SMARTS) is 1. The second kappa shape index (κ2) is 7.70.